The van der Waals surface area contributed by atoms with Crippen LogP contribution >= 0.6 is 0 Å². The van der Waals surface area contributed by atoms with Crippen molar-refractivity contribution in [1.29, 1.82) is 0 Å². The van der Waals surface area contributed by atoms with E-state index in [0.717, 1.165) is 38.8 Å². The zero-order valence-corrected chi connectivity index (χ0v) is 11.7. The van der Waals surface area contributed by atoms with Gasteiger partial charge in [0.2, 0.25) is 0 Å². The van der Waals surface area contributed by atoms with Crippen molar-refractivity contribution in [3.8, 4) is 0 Å². The average Bonchev–Trinajstić information content (AvgIpc) is 2.78. The summed E-state index contributed by atoms with van der Waals surface area (Å²) in [5.41, 5.74) is 1.40. The fraction of sp³-hybridized carbons (Fsp3) is 0.733. The predicted molar refractivity (Wildman–Crippen MR) is 74.5 cm³/mol. The van der Waals surface area contributed by atoms with Gasteiger partial charge in [-0.15, -0.1) is 0 Å². The van der Waals surface area contributed by atoms with Crippen LogP contribution in [-0.2, 0) is 17.8 Å². The first-order chi connectivity index (χ1) is 8.75. The van der Waals surface area contributed by atoms with Crippen LogP contribution in [0.2, 0.25) is 0 Å². The highest BCUT2D eigenvalue weighted by Gasteiger charge is 2.15. The van der Waals surface area contributed by atoms with Gasteiger partial charge in [0.15, 0.2) is 0 Å². The van der Waals surface area contributed by atoms with Crippen molar-refractivity contribution < 1.29 is 4.74 Å². The molecule has 2 heterocycles. The van der Waals surface area contributed by atoms with E-state index >= 15 is 0 Å². The van der Waals surface area contributed by atoms with Gasteiger partial charge in [-0.1, -0.05) is 13.8 Å². The third-order valence-corrected chi connectivity index (χ3v) is 3.58. The second kappa shape index (κ2) is 6.95. The fourth-order valence-electron chi connectivity index (χ4n) is 2.48. The second-order valence-electron chi connectivity index (χ2n) is 5.73. The van der Waals surface area contributed by atoms with Gasteiger partial charge in [0.1, 0.15) is 0 Å². The third kappa shape index (κ3) is 4.14. The number of aromatic nitrogens is 1. The molecule has 0 saturated carbocycles. The van der Waals surface area contributed by atoms with Gasteiger partial charge in [-0.25, -0.2) is 0 Å². The van der Waals surface area contributed by atoms with E-state index < -0.39 is 0 Å². The van der Waals surface area contributed by atoms with Crippen LogP contribution in [0.3, 0.4) is 0 Å². The quantitative estimate of drug-likeness (QED) is 0.840. The molecule has 1 saturated heterocycles. The van der Waals surface area contributed by atoms with Crippen molar-refractivity contribution in [1.82, 2.24) is 9.88 Å². The summed E-state index contributed by atoms with van der Waals surface area (Å²) in [4.78, 5) is 0. The summed E-state index contributed by atoms with van der Waals surface area (Å²) >= 11 is 0. The van der Waals surface area contributed by atoms with E-state index in [1.807, 2.05) is 0 Å². The topological polar surface area (TPSA) is 26.2 Å². The van der Waals surface area contributed by atoms with Gasteiger partial charge in [0, 0.05) is 38.2 Å². The van der Waals surface area contributed by atoms with Crippen LogP contribution in [0.4, 0.5) is 0 Å². The number of nitrogens with zero attached hydrogens (tertiary/aromatic N) is 1. The van der Waals surface area contributed by atoms with E-state index in [0.29, 0.717) is 5.92 Å². The molecule has 0 atom stereocenters. The van der Waals surface area contributed by atoms with Crippen LogP contribution in [0.1, 0.15) is 32.4 Å². The smallest absolute Gasteiger partial charge is 0.0469 e. The largest absolute Gasteiger partial charge is 0.381 e. The van der Waals surface area contributed by atoms with E-state index in [9.17, 15) is 0 Å². The lowest BCUT2D eigenvalue weighted by atomic mass is 10.0. The molecule has 0 unspecified atom stereocenters. The molecule has 3 nitrogen and oxygen atoms in total. The zero-order valence-electron chi connectivity index (χ0n) is 11.7. The molecule has 1 aliphatic heterocycles. The van der Waals surface area contributed by atoms with E-state index in [1.165, 1.54) is 18.5 Å². The zero-order chi connectivity index (χ0) is 12.8. The summed E-state index contributed by atoms with van der Waals surface area (Å²) in [5, 5.41) is 3.52. The van der Waals surface area contributed by atoms with Crippen molar-refractivity contribution in [3.05, 3.63) is 24.0 Å². The fourth-order valence-corrected chi connectivity index (χ4v) is 2.48. The first kappa shape index (κ1) is 13.6. The third-order valence-electron chi connectivity index (χ3n) is 3.58. The molecule has 0 amide bonds. The normalized spacial score (nSPS) is 17.5. The van der Waals surface area contributed by atoms with Crippen LogP contribution in [-0.4, -0.2) is 24.3 Å². The molecule has 1 aromatic heterocycles. The monoisotopic (exact) mass is 250 g/mol. The van der Waals surface area contributed by atoms with Crippen LogP contribution < -0.4 is 5.32 Å². The Hall–Kier alpha value is -0.800. The van der Waals surface area contributed by atoms with Crippen molar-refractivity contribution in [2.45, 2.75) is 39.8 Å². The van der Waals surface area contributed by atoms with Crippen molar-refractivity contribution in [2.75, 3.05) is 19.8 Å². The summed E-state index contributed by atoms with van der Waals surface area (Å²) in [6.45, 7) is 9.58. The summed E-state index contributed by atoms with van der Waals surface area (Å²) in [6, 6.07) is 4.39. The Morgan fingerprint density at radius 3 is 2.89 bits per heavy atom. The number of nitrogens with one attached hydrogen (secondary N) is 1. The molecule has 0 bridgehead atoms. The molecule has 18 heavy (non-hydrogen) atoms. The predicted octanol–water partition coefficient (Wildman–Crippen LogP) is 2.66. The van der Waals surface area contributed by atoms with Crippen LogP contribution in [0, 0.1) is 11.8 Å². The van der Waals surface area contributed by atoms with Gasteiger partial charge in [-0.3, -0.25) is 0 Å². The summed E-state index contributed by atoms with van der Waals surface area (Å²) < 4.78 is 7.82. The lowest BCUT2D eigenvalue weighted by Gasteiger charge is -2.23. The maximum absolute atomic E-state index is 5.42. The number of ether oxygens (including phenoxy) is 1. The second-order valence-corrected chi connectivity index (χ2v) is 5.73. The molecule has 1 fully saturated rings. The van der Waals surface area contributed by atoms with E-state index in [4.69, 9.17) is 4.74 Å². The molecule has 0 aliphatic carbocycles. The first-order valence-electron chi connectivity index (χ1n) is 7.18. The Bertz CT molecular complexity index is 340. The van der Waals surface area contributed by atoms with Gasteiger partial charge in [0.05, 0.1) is 0 Å². The standard InChI is InChI=1S/C15H26N2O/c1-13(2)10-16-11-15-4-3-7-17(15)12-14-5-8-18-9-6-14/h3-4,7,13-14,16H,5-6,8-12H2,1-2H3. The Morgan fingerprint density at radius 2 is 2.17 bits per heavy atom. The molecule has 1 aliphatic rings. The SMILES string of the molecule is CC(C)CNCc1cccn1CC1CCOCC1. The van der Waals surface area contributed by atoms with Crippen LogP contribution in [0.25, 0.3) is 0 Å². The van der Waals surface area contributed by atoms with Gasteiger partial charge in [0.25, 0.3) is 0 Å². The maximum atomic E-state index is 5.42. The van der Waals surface area contributed by atoms with E-state index in [1.54, 1.807) is 0 Å². The first-order valence-corrected chi connectivity index (χ1v) is 7.18. The highest BCUT2D eigenvalue weighted by Crippen LogP contribution is 2.18. The molecule has 1 aromatic rings. The number of rotatable bonds is 6. The maximum Gasteiger partial charge on any atom is 0.0469 e. The minimum absolute atomic E-state index is 0.712. The van der Waals surface area contributed by atoms with Crippen molar-refractivity contribution >= 4 is 0 Å². The Labute approximate surface area is 111 Å². The molecule has 3 heteroatoms. The molecule has 102 valence electrons. The lowest BCUT2D eigenvalue weighted by molar-refractivity contribution is 0.0610. The summed E-state index contributed by atoms with van der Waals surface area (Å²) in [5.74, 6) is 1.50. The Kier molecular flexibility index (Phi) is 5.26. The van der Waals surface area contributed by atoms with Crippen LogP contribution in [0.5, 0.6) is 0 Å². The molecular weight excluding hydrogens is 224 g/mol. The number of hydrogen-bond donors (Lipinski definition) is 1. The average molecular weight is 250 g/mol. The minimum Gasteiger partial charge on any atom is -0.381 e. The minimum atomic E-state index is 0.712. The molecular formula is C15H26N2O. The van der Waals surface area contributed by atoms with Crippen molar-refractivity contribution in [2.24, 2.45) is 11.8 Å². The lowest BCUT2D eigenvalue weighted by Crippen LogP contribution is -2.24. The molecule has 1 N–H and O–H groups in total. The van der Waals surface area contributed by atoms with Crippen LogP contribution in [0.15, 0.2) is 18.3 Å². The highest BCUT2D eigenvalue weighted by atomic mass is 16.5. The summed E-state index contributed by atoms with van der Waals surface area (Å²) in [6.07, 6.45) is 4.62. The van der Waals surface area contributed by atoms with E-state index in [-0.39, 0.29) is 0 Å². The summed E-state index contributed by atoms with van der Waals surface area (Å²) in [7, 11) is 0. The molecule has 0 aromatic carbocycles. The van der Waals surface area contributed by atoms with Gasteiger partial charge >= 0.3 is 0 Å². The highest BCUT2D eigenvalue weighted by molar-refractivity contribution is 5.07. The van der Waals surface area contributed by atoms with E-state index in [2.05, 4.69) is 42.1 Å². The van der Waals surface area contributed by atoms with Crippen molar-refractivity contribution in [3.63, 3.8) is 0 Å². The Balaban J connectivity index is 1.82. The molecule has 2 rings (SSSR count). The number of hydrogen-bond acceptors (Lipinski definition) is 2. The molecule has 0 radical (unpaired) electrons. The molecule has 0 spiro atoms. The van der Waals surface area contributed by atoms with Gasteiger partial charge < -0.3 is 14.6 Å². The van der Waals surface area contributed by atoms with Gasteiger partial charge in [-0.2, -0.15) is 0 Å². The Morgan fingerprint density at radius 1 is 1.39 bits per heavy atom. The van der Waals surface area contributed by atoms with Gasteiger partial charge in [-0.05, 0) is 43.4 Å².